The number of hydrogen-bond acceptors (Lipinski definition) is 5. The zero-order valence-electron chi connectivity index (χ0n) is 16.8. The van der Waals surface area contributed by atoms with E-state index >= 15 is 0 Å². The van der Waals surface area contributed by atoms with Crippen molar-refractivity contribution >= 4 is 6.09 Å². The Morgan fingerprint density at radius 3 is 2.71 bits per heavy atom. The first kappa shape index (κ1) is 20.0. The highest BCUT2D eigenvalue weighted by molar-refractivity contribution is 5.68. The second-order valence-electron chi connectivity index (χ2n) is 7.97. The molecule has 2 aromatic rings. The van der Waals surface area contributed by atoms with E-state index in [-0.39, 0.29) is 12.0 Å². The molecule has 150 valence electrons. The lowest BCUT2D eigenvalue weighted by Crippen LogP contribution is -2.44. The molecule has 0 bridgehead atoms. The average molecular weight is 384 g/mol. The fourth-order valence-corrected chi connectivity index (χ4v) is 3.06. The van der Waals surface area contributed by atoms with Crippen LogP contribution in [0.25, 0.3) is 0 Å². The minimum absolute atomic E-state index is 0.242. The van der Waals surface area contributed by atoms with Crippen LogP contribution >= 0.6 is 0 Å². The van der Waals surface area contributed by atoms with E-state index in [9.17, 15) is 4.79 Å². The summed E-state index contributed by atoms with van der Waals surface area (Å²) in [4.78, 5) is 18.4. The average Bonchev–Trinajstić information content (AvgIpc) is 2.67. The van der Waals surface area contributed by atoms with Crippen LogP contribution in [-0.2, 0) is 4.74 Å². The number of piperidine rings is 1. The number of aromatic nitrogens is 1. The molecule has 0 N–H and O–H groups in total. The molecular formula is C22H28N2O4. The van der Waals surface area contributed by atoms with Crippen LogP contribution < -0.4 is 9.47 Å². The monoisotopic (exact) mass is 384 g/mol. The molecule has 1 aliphatic heterocycles. The molecule has 0 aliphatic carbocycles. The number of nitrogens with zero attached hydrogens (tertiary/aromatic N) is 2. The number of benzene rings is 1. The molecule has 1 aromatic carbocycles. The SMILES string of the molecule is CC(C)(C)OC(=O)N1CCCC(COc2cccnc2Oc2ccccc2)C1. The van der Waals surface area contributed by atoms with Gasteiger partial charge in [-0.25, -0.2) is 9.78 Å². The minimum atomic E-state index is -0.486. The molecule has 1 amide bonds. The van der Waals surface area contributed by atoms with Gasteiger partial charge in [-0.1, -0.05) is 18.2 Å². The third-order valence-corrected chi connectivity index (χ3v) is 4.34. The molecule has 1 atom stereocenters. The molecule has 2 heterocycles. The lowest BCUT2D eigenvalue weighted by molar-refractivity contribution is 0.0138. The van der Waals surface area contributed by atoms with Crippen LogP contribution in [0.3, 0.4) is 0 Å². The lowest BCUT2D eigenvalue weighted by Gasteiger charge is -2.34. The van der Waals surface area contributed by atoms with Crippen molar-refractivity contribution in [3.05, 3.63) is 48.7 Å². The van der Waals surface area contributed by atoms with Crippen LogP contribution in [0, 0.1) is 5.92 Å². The normalized spacial score (nSPS) is 17.1. The summed E-state index contributed by atoms with van der Waals surface area (Å²) in [7, 11) is 0. The fraction of sp³-hybridized carbons (Fsp3) is 0.455. The number of hydrogen-bond donors (Lipinski definition) is 0. The topological polar surface area (TPSA) is 60.9 Å². The number of rotatable bonds is 5. The van der Waals surface area contributed by atoms with Crippen molar-refractivity contribution in [2.45, 2.75) is 39.2 Å². The smallest absolute Gasteiger partial charge is 0.410 e. The Morgan fingerprint density at radius 2 is 1.96 bits per heavy atom. The summed E-state index contributed by atoms with van der Waals surface area (Å²) >= 11 is 0. The molecule has 0 radical (unpaired) electrons. The third-order valence-electron chi connectivity index (χ3n) is 4.34. The van der Waals surface area contributed by atoms with Gasteiger partial charge in [0.2, 0.25) is 0 Å². The maximum Gasteiger partial charge on any atom is 0.410 e. The van der Waals surface area contributed by atoms with Crippen molar-refractivity contribution in [2.24, 2.45) is 5.92 Å². The summed E-state index contributed by atoms with van der Waals surface area (Å²) in [6.45, 7) is 7.49. The molecule has 1 saturated heterocycles. The summed E-state index contributed by atoms with van der Waals surface area (Å²) in [6, 6.07) is 13.2. The highest BCUT2D eigenvalue weighted by Gasteiger charge is 2.28. The van der Waals surface area contributed by atoms with Crippen molar-refractivity contribution in [1.82, 2.24) is 9.88 Å². The molecule has 1 unspecified atom stereocenters. The third kappa shape index (κ3) is 5.87. The molecule has 3 rings (SSSR count). The molecular weight excluding hydrogens is 356 g/mol. The predicted octanol–water partition coefficient (Wildman–Crippen LogP) is 4.90. The summed E-state index contributed by atoms with van der Waals surface area (Å²) in [5.74, 6) is 1.99. The molecule has 28 heavy (non-hydrogen) atoms. The van der Waals surface area contributed by atoms with Gasteiger partial charge in [-0.05, 0) is 57.9 Å². The van der Waals surface area contributed by atoms with Gasteiger partial charge in [0.15, 0.2) is 5.75 Å². The van der Waals surface area contributed by atoms with Gasteiger partial charge in [-0.3, -0.25) is 0 Å². The van der Waals surface area contributed by atoms with E-state index in [1.54, 1.807) is 11.1 Å². The predicted molar refractivity (Wildman–Crippen MR) is 107 cm³/mol. The highest BCUT2D eigenvalue weighted by Crippen LogP contribution is 2.29. The molecule has 1 fully saturated rings. The summed E-state index contributed by atoms with van der Waals surface area (Å²) in [5.41, 5.74) is -0.486. The van der Waals surface area contributed by atoms with E-state index in [4.69, 9.17) is 14.2 Å². The molecule has 0 spiro atoms. The Labute approximate surface area is 166 Å². The number of amides is 1. The highest BCUT2D eigenvalue weighted by atomic mass is 16.6. The van der Waals surface area contributed by atoms with Crippen LogP contribution in [0.15, 0.2) is 48.7 Å². The van der Waals surface area contributed by atoms with Crippen LogP contribution in [0.1, 0.15) is 33.6 Å². The molecule has 1 aliphatic rings. The number of pyridine rings is 1. The van der Waals surface area contributed by atoms with E-state index in [2.05, 4.69) is 4.98 Å². The van der Waals surface area contributed by atoms with Gasteiger partial charge >= 0.3 is 6.09 Å². The molecule has 1 aromatic heterocycles. The molecule has 0 saturated carbocycles. The van der Waals surface area contributed by atoms with Gasteiger partial charge < -0.3 is 19.1 Å². The largest absolute Gasteiger partial charge is 0.488 e. The number of ether oxygens (including phenoxy) is 3. The summed E-state index contributed by atoms with van der Waals surface area (Å²) in [5, 5.41) is 0. The molecule has 6 nitrogen and oxygen atoms in total. The van der Waals surface area contributed by atoms with Gasteiger partial charge in [0.25, 0.3) is 5.88 Å². The molecule has 6 heteroatoms. The van der Waals surface area contributed by atoms with E-state index in [1.165, 1.54) is 0 Å². The van der Waals surface area contributed by atoms with Gasteiger partial charge in [-0.15, -0.1) is 0 Å². The van der Waals surface area contributed by atoms with Gasteiger partial charge in [0.05, 0.1) is 6.61 Å². The Morgan fingerprint density at radius 1 is 1.18 bits per heavy atom. The Hall–Kier alpha value is -2.76. The Kier molecular flexibility index (Phi) is 6.39. The Balaban J connectivity index is 1.57. The zero-order valence-corrected chi connectivity index (χ0v) is 16.8. The number of carbonyl (C=O) groups excluding carboxylic acids is 1. The standard InChI is InChI=1S/C22H28N2O4/c1-22(2,3)28-21(25)24-14-8-9-17(15-24)16-26-19-12-7-13-23-20(19)27-18-10-5-4-6-11-18/h4-7,10-13,17H,8-9,14-16H2,1-3H3. The summed E-state index contributed by atoms with van der Waals surface area (Å²) < 4.78 is 17.3. The van der Waals surface area contributed by atoms with E-state index < -0.39 is 5.60 Å². The second kappa shape index (κ2) is 8.95. The van der Waals surface area contributed by atoms with Gasteiger partial charge in [-0.2, -0.15) is 0 Å². The number of para-hydroxylation sites is 1. The van der Waals surface area contributed by atoms with Crippen molar-refractivity contribution < 1.29 is 19.0 Å². The van der Waals surface area contributed by atoms with Gasteiger partial charge in [0.1, 0.15) is 11.4 Å². The van der Waals surface area contributed by atoms with Crippen LogP contribution in [0.5, 0.6) is 17.4 Å². The maximum absolute atomic E-state index is 12.3. The van der Waals surface area contributed by atoms with Crippen molar-refractivity contribution in [3.63, 3.8) is 0 Å². The zero-order chi connectivity index (χ0) is 20.0. The number of likely N-dealkylation sites (tertiary alicyclic amines) is 1. The second-order valence-corrected chi connectivity index (χ2v) is 7.97. The number of carbonyl (C=O) groups is 1. The first-order valence-electron chi connectivity index (χ1n) is 9.69. The van der Waals surface area contributed by atoms with Crippen molar-refractivity contribution in [3.8, 4) is 17.4 Å². The fourth-order valence-electron chi connectivity index (χ4n) is 3.06. The van der Waals surface area contributed by atoms with Crippen molar-refractivity contribution in [2.75, 3.05) is 19.7 Å². The quantitative estimate of drug-likeness (QED) is 0.734. The Bertz CT molecular complexity index is 774. The maximum atomic E-state index is 12.3. The first-order valence-corrected chi connectivity index (χ1v) is 9.69. The van der Waals surface area contributed by atoms with E-state index in [0.717, 1.165) is 19.4 Å². The van der Waals surface area contributed by atoms with E-state index in [0.29, 0.717) is 30.5 Å². The van der Waals surface area contributed by atoms with E-state index in [1.807, 2.05) is 63.2 Å². The van der Waals surface area contributed by atoms with Crippen LogP contribution in [0.2, 0.25) is 0 Å². The lowest BCUT2D eigenvalue weighted by atomic mass is 9.99. The summed E-state index contributed by atoms with van der Waals surface area (Å²) in [6.07, 6.45) is 3.37. The first-order chi connectivity index (χ1) is 13.4. The minimum Gasteiger partial charge on any atom is -0.488 e. The van der Waals surface area contributed by atoms with Crippen LogP contribution in [-0.4, -0.2) is 41.3 Å². The van der Waals surface area contributed by atoms with Crippen molar-refractivity contribution in [1.29, 1.82) is 0 Å². The van der Waals surface area contributed by atoms with Gasteiger partial charge in [0, 0.05) is 25.2 Å². The van der Waals surface area contributed by atoms with Crippen LogP contribution in [0.4, 0.5) is 4.79 Å².